The van der Waals surface area contributed by atoms with Gasteiger partial charge in [-0.15, -0.1) is 0 Å². The van der Waals surface area contributed by atoms with Gasteiger partial charge in [0.05, 0.1) is 19.9 Å². The summed E-state index contributed by atoms with van der Waals surface area (Å²) in [6, 6.07) is 8.19. The third-order valence-corrected chi connectivity index (χ3v) is 2.80. The van der Waals surface area contributed by atoms with Crippen molar-refractivity contribution in [1.29, 1.82) is 0 Å². The molecule has 19 heavy (non-hydrogen) atoms. The summed E-state index contributed by atoms with van der Waals surface area (Å²) in [5, 5.41) is 3.20. The number of aromatic nitrogens is 2. The summed E-state index contributed by atoms with van der Waals surface area (Å²) >= 11 is 0. The third kappa shape index (κ3) is 3.93. The fourth-order valence-electron chi connectivity index (χ4n) is 1.72. The maximum Gasteiger partial charge on any atom is 0.306 e. The van der Waals surface area contributed by atoms with Crippen molar-refractivity contribution in [2.45, 2.75) is 13.0 Å². The van der Waals surface area contributed by atoms with Crippen molar-refractivity contribution < 1.29 is 9.53 Å². The molecule has 1 aromatic carbocycles. The highest BCUT2D eigenvalue weighted by Gasteiger charge is 2.00. The van der Waals surface area contributed by atoms with Crippen molar-refractivity contribution >= 4 is 5.97 Å². The van der Waals surface area contributed by atoms with Gasteiger partial charge >= 0.3 is 5.97 Å². The number of hydrogen-bond acceptors (Lipinski definition) is 4. The van der Waals surface area contributed by atoms with Crippen LogP contribution in [0.2, 0.25) is 0 Å². The lowest BCUT2D eigenvalue weighted by molar-refractivity contribution is -0.140. The van der Waals surface area contributed by atoms with E-state index in [1.54, 1.807) is 12.5 Å². The Kier molecular flexibility index (Phi) is 4.69. The molecule has 0 aliphatic rings. The molecule has 0 aliphatic heterocycles. The Morgan fingerprint density at radius 2 is 2.16 bits per heavy atom. The molecule has 2 aromatic rings. The molecule has 0 radical (unpaired) electrons. The van der Waals surface area contributed by atoms with Crippen molar-refractivity contribution in [3.05, 3.63) is 48.5 Å². The van der Waals surface area contributed by atoms with E-state index < -0.39 is 0 Å². The zero-order valence-corrected chi connectivity index (χ0v) is 10.9. The first-order chi connectivity index (χ1) is 9.29. The van der Waals surface area contributed by atoms with Crippen molar-refractivity contribution in [3.8, 4) is 5.69 Å². The Balaban J connectivity index is 1.81. The summed E-state index contributed by atoms with van der Waals surface area (Å²) in [7, 11) is 1.40. The molecule has 5 heteroatoms. The molecule has 5 nitrogen and oxygen atoms in total. The fourth-order valence-corrected chi connectivity index (χ4v) is 1.72. The SMILES string of the molecule is COC(=O)CCNCc1ccc(-n2ccnc2)cc1. The van der Waals surface area contributed by atoms with E-state index in [-0.39, 0.29) is 5.97 Å². The summed E-state index contributed by atoms with van der Waals surface area (Å²) in [4.78, 5) is 14.9. The summed E-state index contributed by atoms with van der Waals surface area (Å²) in [6.45, 7) is 1.36. The number of hydrogen-bond donors (Lipinski definition) is 1. The van der Waals surface area contributed by atoms with Crippen molar-refractivity contribution in [1.82, 2.24) is 14.9 Å². The second-order valence-electron chi connectivity index (χ2n) is 4.14. The zero-order valence-electron chi connectivity index (χ0n) is 10.9. The number of nitrogens with one attached hydrogen (secondary N) is 1. The normalized spacial score (nSPS) is 10.4. The van der Waals surface area contributed by atoms with Crippen LogP contribution in [-0.2, 0) is 16.1 Å². The molecule has 1 aromatic heterocycles. The maximum absolute atomic E-state index is 10.9. The van der Waals surface area contributed by atoms with Crippen molar-refractivity contribution in [2.75, 3.05) is 13.7 Å². The number of nitrogens with zero attached hydrogens (tertiary/aromatic N) is 2. The van der Waals surface area contributed by atoms with E-state index in [2.05, 4.69) is 27.2 Å². The minimum atomic E-state index is -0.192. The Bertz CT molecular complexity index is 506. The lowest BCUT2D eigenvalue weighted by Crippen LogP contribution is -2.18. The van der Waals surface area contributed by atoms with Crippen LogP contribution in [0.4, 0.5) is 0 Å². The molecular formula is C14H17N3O2. The quantitative estimate of drug-likeness (QED) is 0.631. The lowest BCUT2D eigenvalue weighted by atomic mass is 10.2. The third-order valence-electron chi connectivity index (χ3n) is 2.80. The molecule has 0 unspecified atom stereocenters. The second kappa shape index (κ2) is 6.70. The van der Waals surface area contributed by atoms with E-state index in [1.165, 1.54) is 12.7 Å². The van der Waals surface area contributed by atoms with Gasteiger partial charge < -0.3 is 14.6 Å². The van der Waals surface area contributed by atoms with Gasteiger partial charge in [-0.1, -0.05) is 12.1 Å². The van der Waals surface area contributed by atoms with Gasteiger partial charge in [0.2, 0.25) is 0 Å². The van der Waals surface area contributed by atoms with Gasteiger partial charge in [-0.2, -0.15) is 0 Å². The molecule has 0 spiro atoms. The Hall–Kier alpha value is -2.14. The van der Waals surface area contributed by atoms with E-state index in [4.69, 9.17) is 0 Å². The molecule has 1 heterocycles. The van der Waals surface area contributed by atoms with Crippen LogP contribution in [-0.4, -0.2) is 29.2 Å². The molecule has 0 atom stereocenters. The van der Waals surface area contributed by atoms with Gasteiger partial charge in [0.1, 0.15) is 0 Å². The first-order valence-corrected chi connectivity index (χ1v) is 6.14. The van der Waals surface area contributed by atoms with E-state index in [0.717, 1.165) is 12.2 Å². The monoisotopic (exact) mass is 259 g/mol. The standard InChI is InChI=1S/C14H17N3O2/c1-19-14(18)6-7-15-10-12-2-4-13(5-3-12)17-9-8-16-11-17/h2-5,8-9,11,15H,6-7,10H2,1H3. The molecule has 0 amide bonds. The van der Waals surface area contributed by atoms with Crippen LogP contribution in [0.25, 0.3) is 5.69 Å². The first kappa shape index (κ1) is 13.3. The summed E-state index contributed by atoms with van der Waals surface area (Å²) in [5.74, 6) is -0.192. The highest BCUT2D eigenvalue weighted by atomic mass is 16.5. The number of carbonyl (C=O) groups excluding carboxylic acids is 1. The van der Waals surface area contributed by atoms with Gasteiger partial charge in [-0.25, -0.2) is 4.98 Å². The number of methoxy groups -OCH3 is 1. The number of imidazole rings is 1. The number of carbonyl (C=O) groups is 1. The van der Waals surface area contributed by atoms with Crippen LogP contribution in [0, 0.1) is 0 Å². The van der Waals surface area contributed by atoms with Crippen LogP contribution in [0.3, 0.4) is 0 Å². The molecular weight excluding hydrogens is 242 g/mol. The van der Waals surface area contributed by atoms with Crippen molar-refractivity contribution in [3.63, 3.8) is 0 Å². The molecule has 2 rings (SSSR count). The molecule has 100 valence electrons. The van der Waals surface area contributed by atoms with E-state index in [9.17, 15) is 4.79 Å². The van der Waals surface area contributed by atoms with Crippen LogP contribution < -0.4 is 5.32 Å². The minimum Gasteiger partial charge on any atom is -0.469 e. The number of rotatable bonds is 6. The molecule has 0 saturated heterocycles. The number of ether oxygens (including phenoxy) is 1. The molecule has 0 bridgehead atoms. The number of esters is 1. The van der Waals surface area contributed by atoms with Crippen LogP contribution in [0.5, 0.6) is 0 Å². The summed E-state index contributed by atoms with van der Waals surface area (Å²) in [5.41, 5.74) is 2.25. The Morgan fingerprint density at radius 3 is 2.79 bits per heavy atom. The van der Waals surface area contributed by atoms with Gasteiger partial charge in [0.15, 0.2) is 0 Å². The Morgan fingerprint density at radius 1 is 1.37 bits per heavy atom. The molecule has 0 aliphatic carbocycles. The Labute approximate surface area is 112 Å². The molecule has 0 fully saturated rings. The predicted octanol–water partition coefficient (Wildman–Crippen LogP) is 1.52. The van der Waals surface area contributed by atoms with E-state index in [1.807, 2.05) is 22.9 Å². The average Bonchev–Trinajstić information content (AvgIpc) is 2.98. The minimum absolute atomic E-state index is 0.192. The fraction of sp³-hybridized carbons (Fsp3) is 0.286. The van der Waals surface area contributed by atoms with Gasteiger partial charge in [0, 0.05) is 31.2 Å². The van der Waals surface area contributed by atoms with Gasteiger partial charge in [0.25, 0.3) is 0 Å². The van der Waals surface area contributed by atoms with Crippen molar-refractivity contribution in [2.24, 2.45) is 0 Å². The highest BCUT2D eigenvalue weighted by Crippen LogP contribution is 2.09. The van der Waals surface area contributed by atoms with E-state index in [0.29, 0.717) is 13.0 Å². The lowest BCUT2D eigenvalue weighted by Gasteiger charge is -2.06. The maximum atomic E-state index is 10.9. The summed E-state index contributed by atoms with van der Waals surface area (Å²) < 4.78 is 6.52. The van der Waals surface area contributed by atoms with Gasteiger partial charge in [-0.3, -0.25) is 4.79 Å². The average molecular weight is 259 g/mol. The highest BCUT2D eigenvalue weighted by molar-refractivity contribution is 5.69. The number of benzene rings is 1. The topological polar surface area (TPSA) is 56.1 Å². The second-order valence-corrected chi connectivity index (χ2v) is 4.14. The largest absolute Gasteiger partial charge is 0.469 e. The van der Waals surface area contributed by atoms with Gasteiger partial charge in [-0.05, 0) is 17.7 Å². The first-order valence-electron chi connectivity index (χ1n) is 6.14. The van der Waals surface area contributed by atoms with Crippen LogP contribution in [0.15, 0.2) is 43.0 Å². The van der Waals surface area contributed by atoms with E-state index >= 15 is 0 Å². The molecule has 1 N–H and O–H groups in total. The summed E-state index contributed by atoms with van der Waals surface area (Å²) in [6.07, 6.45) is 5.82. The zero-order chi connectivity index (χ0) is 13.5. The van der Waals surface area contributed by atoms with Crippen LogP contribution in [0.1, 0.15) is 12.0 Å². The molecule has 0 saturated carbocycles. The smallest absolute Gasteiger partial charge is 0.306 e. The van der Waals surface area contributed by atoms with Crippen LogP contribution >= 0.6 is 0 Å². The predicted molar refractivity (Wildman–Crippen MR) is 71.9 cm³/mol.